The molecule has 0 radical (unpaired) electrons. The van der Waals surface area contributed by atoms with Gasteiger partial charge in [-0.05, 0) is 49.4 Å². The molecule has 0 atom stereocenters. The van der Waals surface area contributed by atoms with E-state index in [2.05, 4.69) is 15.0 Å². The van der Waals surface area contributed by atoms with Crippen LogP contribution in [0.25, 0.3) is 32.3 Å². The summed E-state index contributed by atoms with van der Waals surface area (Å²) in [7, 11) is 1.57. The number of imidazole rings is 1. The first kappa shape index (κ1) is 19.9. The molecule has 8 nitrogen and oxygen atoms in total. The molecule has 0 aliphatic rings. The lowest BCUT2D eigenvalue weighted by Crippen LogP contribution is -2.33. The third-order valence-electron chi connectivity index (χ3n) is 4.96. The molecule has 0 saturated carbocycles. The Balaban J connectivity index is 1.63. The van der Waals surface area contributed by atoms with Gasteiger partial charge in [0, 0.05) is 11.8 Å². The first-order chi connectivity index (χ1) is 15.4. The molecule has 160 valence electrons. The number of methoxy groups -OCH3 is 1. The summed E-state index contributed by atoms with van der Waals surface area (Å²) in [4.78, 5) is 37.3. The topological polar surface area (TPSA) is 94.8 Å². The predicted octanol–water partition coefficient (Wildman–Crippen LogP) is 3.44. The van der Waals surface area contributed by atoms with Gasteiger partial charge in [0.2, 0.25) is 0 Å². The van der Waals surface area contributed by atoms with E-state index in [1.54, 1.807) is 13.4 Å². The van der Waals surface area contributed by atoms with Crippen molar-refractivity contribution in [3.05, 3.63) is 87.3 Å². The van der Waals surface area contributed by atoms with Crippen molar-refractivity contribution in [3.8, 4) is 27.7 Å². The number of fused-ring (bicyclic) bond motifs is 1. The van der Waals surface area contributed by atoms with Crippen molar-refractivity contribution in [3.63, 3.8) is 0 Å². The van der Waals surface area contributed by atoms with Gasteiger partial charge in [-0.25, -0.2) is 23.7 Å². The van der Waals surface area contributed by atoms with Crippen LogP contribution in [-0.4, -0.2) is 31.2 Å². The number of nitrogens with one attached hydrogen (secondary N) is 1. The summed E-state index contributed by atoms with van der Waals surface area (Å²) in [5, 5.41) is 0.552. The standard InChI is InChI=1S/C22H16FN5O3S/c1-12-10-27(11-24-12)16-8-3-13(9-17(16)31-2)19-25-18-20(32-19)26-22(30)28(21(18)29)15-6-4-14(23)5-7-15/h3-11H,1-2H3,(H,26,30). The molecule has 2 aromatic carbocycles. The lowest BCUT2D eigenvalue weighted by Gasteiger charge is -2.10. The van der Waals surface area contributed by atoms with Crippen LogP contribution in [0.4, 0.5) is 4.39 Å². The molecule has 0 saturated heterocycles. The Labute approximate surface area is 184 Å². The van der Waals surface area contributed by atoms with Crippen LogP contribution >= 0.6 is 11.3 Å². The summed E-state index contributed by atoms with van der Waals surface area (Å²) in [6, 6.07) is 10.7. The van der Waals surface area contributed by atoms with Crippen LogP contribution in [-0.2, 0) is 0 Å². The Kier molecular flexibility index (Phi) is 4.71. The molecule has 0 fully saturated rings. The zero-order valence-corrected chi connectivity index (χ0v) is 17.8. The van der Waals surface area contributed by atoms with Crippen LogP contribution in [0, 0.1) is 12.7 Å². The van der Waals surface area contributed by atoms with Gasteiger partial charge in [-0.2, -0.15) is 0 Å². The fourth-order valence-electron chi connectivity index (χ4n) is 3.43. The van der Waals surface area contributed by atoms with Gasteiger partial charge in [0.1, 0.15) is 21.4 Å². The van der Waals surface area contributed by atoms with Gasteiger partial charge in [-0.3, -0.25) is 9.78 Å². The van der Waals surface area contributed by atoms with Crippen molar-refractivity contribution < 1.29 is 9.13 Å². The molecular formula is C22H16FN5O3S. The molecule has 0 spiro atoms. The molecule has 5 rings (SSSR count). The van der Waals surface area contributed by atoms with Gasteiger partial charge in [0.15, 0.2) is 5.52 Å². The summed E-state index contributed by atoms with van der Waals surface area (Å²) in [5.74, 6) is 0.148. The van der Waals surface area contributed by atoms with Crippen LogP contribution in [0.5, 0.6) is 5.75 Å². The van der Waals surface area contributed by atoms with Crippen molar-refractivity contribution in [2.24, 2.45) is 0 Å². The number of aromatic nitrogens is 5. The summed E-state index contributed by atoms with van der Waals surface area (Å²) >= 11 is 1.20. The Morgan fingerprint density at radius 1 is 1.12 bits per heavy atom. The second-order valence-electron chi connectivity index (χ2n) is 7.05. The molecule has 0 aliphatic heterocycles. The van der Waals surface area contributed by atoms with E-state index in [1.165, 1.54) is 35.6 Å². The van der Waals surface area contributed by atoms with Crippen molar-refractivity contribution >= 4 is 21.7 Å². The van der Waals surface area contributed by atoms with Crippen molar-refractivity contribution in [2.45, 2.75) is 6.92 Å². The number of aryl methyl sites for hydroxylation is 1. The van der Waals surface area contributed by atoms with Crippen LogP contribution in [0.1, 0.15) is 5.69 Å². The predicted molar refractivity (Wildman–Crippen MR) is 120 cm³/mol. The Bertz CT molecular complexity index is 1580. The zero-order chi connectivity index (χ0) is 22.4. The molecule has 1 N–H and O–H groups in total. The molecule has 3 heterocycles. The average molecular weight is 449 g/mol. The third-order valence-corrected chi connectivity index (χ3v) is 5.98. The number of hydrogen-bond donors (Lipinski definition) is 1. The fourth-order valence-corrected chi connectivity index (χ4v) is 4.37. The number of hydrogen-bond acceptors (Lipinski definition) is 6. The number of benzene rings is 2. The van der Waals surface area contributed by atoms with Crippen LogP contribution in [0.3, 0.4) is 0 Å². The van der Waals surface area contributed by atoms with Gasteiger partial charge >= 0.3 is 5.69 Å². The van der Waals surface area contributed by atoms with Gasteiger partial charge in [-0.15, -0.1) is 0 Å². The quantitative estimate of drug-likeness (QED) is 0.454. The number of thiazole rings is 1. The Morgan fingerprint density at radius 2 is 1.91 bits per heavy atom. The maximum atomic E-state index is 13.2. The summed E-state index contributed by atoms with van der Waals surface area (Å²) in [6.45, 7) is 1.90. The molecule has 3 aromatic heterocycles. The lowest BCUT2D eigenvalue weighted by molar-refractivity contribution is 0.413. The first-order valence-electron chi connectivity index (χ1n) is 9.56. The second-order valence-corrected chi connectivity index (χ2v) is 8.05. The van der Waals surface area contributed by atoms with E-state index < -0.39 is 17.1 Å². The number of nitrogens with zero attached hydrogens (tertiary/aromatic N) is 4. The first-order valence-corrected chi connectivity index (χ1v) is 10.4. The Hall–Kier alpha value is -4.05. The zero-order valence-electron chi connectivity index (χ0n) is 17.0. The number of rotatable bonds is 4. The van der Waals surface area contributed by atoms with E-state index in [4.69, 9.17) is 4.74 Å². The number of H-pyrrole nitrogens is 1. The monoisotopic (exact) mass is 449 g/mol. The summed E-state index contributed by atoms with van der Waals surface area (Å²) < 4.78 is 21.6. The van der Waals surface area contributed by atoms with E-state index in [0.29, 0.717) is 15.6 Å². The normalized spacial score (nSPS) is 11.2. The smallest absolute Gasteiger partial charge is 0.334 e. The fraction of sp³-hybridized carbons (Fsp3) is 0.0909. The highest BCUT2D eigenvalue weighted by Crippen LogP contribution is 2.33. The van der Waals surface area contributed by atoms with Crippen LogP contribution in [0.15, 0.2) is 64.6 Å². The van der Waals surface area contributed by atoms with Crippen molar-refractivity contribution in [2.75, 3.05) is 7.11 Å². The lowest BCUT2D eigenvalue weighted by atomic mass is 10.2. The molecule has 0 aliphatic carbocycles. The minimum absolute atomic E-state index is 0.127. The minimum atomic E-state index is -0.618. The van der Waals surface area contributed by atoms with E-state index in [9.17, 15) is 14.0 Å². The van der Waals surface area contributed by atoms with Crippen molar-refractivity contribution in [1.82, 2.24) is 24.1 Å². The van der Waals surface area contributed by atoms with Gasteiger partial charge < -0.3 is 9.30 Å². The molecule has 0 amide bonds. The van der Waals surface area contributed by atoms with E-state index in [0.717, 1.165) is 21.5 Å². The minimum Gasteiger partial charge on any atom is -0.495 e. The van der Waals surface area contributed by atoms with Crippen LogP contribution in [0.2, 0.25) is 0 Å². The highest BCUT2D eigenvalue weighted by atomic mass is 32.1. The van der Waals surface area contributed by atoms with Gasteiger partial charge in [-0.1, -0.05) is 11.3 Å². The number of ether oxygens (including phenoxy) is 1. The van der Waals surface area contributed by atoms with E-state index in [-0.39, 0.29) is 11.2 Å². The maximum absolute atomic E-state index is 13.2. The molecule has 0 bridgehead atoms. The number of halogens is 1. The number of aromatic amines is 1. The summed E-state index contributed by atoms with van der Waals surface area (Å²) in [6.07, 6.45) is 3.59. The largest absolute Gasteiger partial charge is 0.495 e. The van der Waals surface area contributed by atoms with Crippen LogP contribution < -0.4 is 16.0 Å². The molecular weight excluding hydrogens is 433 g/mol. The third kappa shape index (κ3) is 3.30. The van der Waals surface area contributed by atoms with Gasteiger partial charge in [0.25, 0.3) is 5.56 Å². The van der Waals surface area contributed by atoms with Crippen molar-refractivity contribution in [1.29, 1.82) is 0 Å². The van der Waals surface area contributed by atoms with E-state index >= 15 is 0 Å². The summed E-state index contributed by atoms with van der Waals surface area (Å²) in [5.41, 5.74) is 1.62. The maximum Gasteiger partial charge on any atom is 0.334 e. The molecule has 0 unspecified atom stereocenters. The average Bonchev–Trinajstić information content (AvgIpc) is 3.41. The Morgan fingerprint density at radius 3 is 2.59 bits per heavy atom. The highest BCUT2D eigenvalue weighted by Gasteiger charge is 2.17. The molecule has 32 heavy (non-hydrogen) atoms. The molecule has 5 aromatic rings. The van der Waals surface area contributed by atoms with Gasteiger partial charge in [0.05, 0.1) is 30.5 Å². The highest BCUT2D eigenvalue weighted by molar-refractivity contribution is 7.21. The second kappa shape index (κ2) is 7.57. The molecule has 10 heteroatoms. The van der Waals surface area contributed by atoms with E-state index in [1.807, 2.05) is 35.9 Å². The SMILES string of the molecule is COc1cc(-c2nc3c(=O)n(-c4ccc(F)cc4)c(=O)[nH]c3s2)ccc1-n1cnc(C)c1.